The van der Waals surface area contributed by atoms with Crippen molar-refractivity contribution in [3.8, 4) is 11.1 Å². The number of para-hydroxylation sites is 2. The molecule has 0 atom stereocenters. The topological polar surface area (TPSA) is 66.5 Å². The largest absolute Gasteiger partial charge is 0.321 e. The number of amides is 1. The van der Waals surface area contributed by atoms with Gasteiger partial charge in [-0.3, -0.25) is 9.10 Å². The second-order valence-corrected chi connectivity index (χ2v) is 9.64. The molecule has 0 saturated carbocycles. The summed E-state index contributed by atoms with van der Waals surface area (Å²) in [4.78, 5) is 13.5. The molecule has 1 N–H and O–H groups in total. The molecule has 0 aliphatic carbocycles. The van der Waals surface area contributed by atoms with Crippen LogP contribution in [0.5, 0.6) is 0 Å². The third-order valence-corrected chi connectivity index (χ3v) is 7.21. The zero-order chi connectivity index (χ0) is 23.4. The summed E-state index contributed by atoms with van der Waals surface area (Å²) in [7, 11) is -2.38. The summed E-state index contributed by atoms with van der Waals surface area (Å²) >= 11 is 0. The van der Waals surface area contributed by atoms with E-state index in [1.165, 1.54) is 7.05 Å². The maximum Gasteiger partial charge on any atom is 0.264 e. The summed E-state index contributed by atoms with van der Waals surface area (Å²) in [5, 5.41) is 2.96. The molecule has 0 aliphatic rings. The van der Waals surface area contributed by atoms with Gasteiger partial charge in [-0.2, -0.15) is 0 Å². The van der Waals surface area contributed by atoms with Gasteiger partial charge in [-0.25, -0.2) is 8.42 Å². The minimum atomic E-state index is -3.84. The van der Waals surface area contributed by atoms with Crippen LogP contribution in [-0.2, 0) is 10.0 Å². The van der Waals surface area contributed by atoms with E-state index in [-0.39, 0.29) is 16.4 Å². The van der Waals surface area contributed by atoms with E-state index in [9.17, 15) is 13.2 Å². The highest BCUT2D eigenvalue weighted by Gasteiger charge is 2.25. The number of carbonyl (C=O) groups is 1. The fraction of sp³-hybridized carbons (Fsp3) is 0.0741. The maximum atomic E-state index is 13.3. The molecule has 0 radical (unpaired) electrons. The molecule has 0 saturated heterocycles. The van der Waals surface area contributed by atoms with Crippen LogP contribution in [0.1, 0.15) is 15.9 Å². The van der Waals surface area contributed by atoms with E-state index in [1.807, 2.05) is 61.5 Å². The fourth-order valence-electron chi connectivity index (χ4n) is 3.59. The van der Waals surface area contributed by atoms with Gasteiger partial charge in [0.25, 0.3) is 15.9 Å². The maximum absolute atomic E-state index is 13.3. The molecular weight excluding hydrogens is 432 g/mol. The van der Waals surface area contributed by atoms with Crippen LogP contribution in [0.2, 0.25) is 0 Å². The summed E-state index contributed by atoms with van der Waals surface area (Å²) in [5.74, 6) is -0.389. The SMILES string of the molecule is Cc1ccc(S(=O)(=O)N(C)c2ccccc2C(=O)Nc2ccccc2-c2ccccc2)cc1. The Kier molecular flexibility index (Phi) is 6.29. The van der Waals surface area contributed by atoms with Gasteiger partial charge in [-0.15, -0.1) is 0 Å². The van der Waals surface area contributed by atoms with E-state index in [0.717, 1.165) is 21.0 Å². The highest BCUT2D eigenvalue weighted by Crippen LogP contribution is 2.30. The fourth-order valence-corrected chi connectivity index (χ4v) is 4.80. The first-order valence-corrected chi connectivity index (χ1v) is 11.9. The first kappa shape index (κ1) is 22.3. The number of hydrogen-bond donors (Lipinski definition) is 1. The van der Waals surface area contributed by atoms with Crippen LogP contribution < -0.4 is 9.62 Å². The highest BCUT2D eigenvalue weighted by atomic mass is 32.2. The van der Waals surface area contributed by atoms with Crippen molar-refractivity contribution in [1.82, 2.24) is 0 Å². The van der Waals surface area contributed by atoms with E-state index >= 15 is 0 Å². The number of sulfonamides is 1. The highest BCUT2D eigenvalue weighted by molar-refractivity contribution is 7.92. The Morgan fingerprint density at radius 1 is 0.758 bits per heavy atom. The lowest BCUT2D eigenvalue weighted by Gasteiger charge is -2.22. The average Bonchev–Trinajstić information content (AvgIpc) is 2.84. The second kappa shape index (κ2) is 9.30. The molecule has 0 aliphatic heterocycles. The van der Waals surface area contributed by atoms with Gasteiger partial charge in [0, 0.05) is 18.3 Å². The number of aryl methyl sites for hydroxylation is 1. The zero-order valence-electron chi connectivity index (χ0n) is 18.4. The van der Waals surface area contributed by atoms with Gasteiger partial charge in [0.1, 0.15) is 0 Å². The lowest BCUT2D eigenvalue weighted by Crippen LogP contribution is -2.29. The van der Waals surface area contributed by atoms with E-state index in [1.54, 1.807) is 48.5 Å². The molecular formula is C27H24N2O3S. The van der Waals surface area contributed by atoms with Crippen LogP contribution in [0.4, 0.5) is 11.4 Å². The minimum absolute atomic E-state index is 0.167. The summed E-state index contributed by atoms with van der Waals surface area (Å²) < 4.78 is 27.6. The Bertz CT molecular complexity index is 1380. The molecule has 4 aromatic carbocycles. The molecule has 0 spiro atoms. The van der Waals surface area contributed by atoms with Gasteiger partial charge in [0.2, 0.25) is 0 Å². The smallest absolute Gasteiger partial charge is 0.264 e. The molecule has 33 heavy (non-hydrogen) atoms. The van der Waals surface area contributed by atoms with E-state index in [2.05, 4.69) is 5.32 Å². The number of nitrogens with zero attached hydrogens (tertiary/aromatic N) is 1. The predicted molar refractivity (Wildman–Crippen MR) is 133 cm³/mol. The van der Waals surface area contributed by atoms with Gasteiger partial charge < -0.3 is 5.32 Å². The van der Waals surface area contributed by atoms with E-state index in [4.69, 9.17) is 0 Å². The molecule has 1 amide bonds. The Morgan fingerprint density at radius 2 is 1.36 bits per heavy atom. The number of benzene rings is 4. The molecule has 0 heterocycles. The Labute approximate surface area is 194 Å². The van der Waals surface area contributed by atoms with Crippen molar-refractivity contribution in [3.05, 3.63) is 114 Å². The van der Waals surface area contributed by atoms with Gasteiger partial charge in [0.05, 0.1) is 16.1 Å². The molecule has 4 rings (SSSR count). The Morgan fingerprint density at radius 3 is 2.09 bits per heavy atom. The molecule has 0 bridgehead atoms. The second-order valence-electron chi connectivity index (χ2n) is 7.67. The summed E-state index contributed by atoms with van der Waals surface area (Å²) in [6.07, 6.45) is 0. The van der Waals surface area contributed by atoms with Crippen LogP contribution in [0, 0.1) is 6.92 Å². The number of anilines is 2. The number of carbonyl (C=O) groups excluding carboxylic acids is 1. The zero-order valence-corrected chi connectivity index (χ0v) is 19.2. The van der Waals surface area contributed by atoms with Crippen molar-refractivity contribution in [3.63, 3.8) is 0 Å². The lowest BCUT2D eigenvalue weighted by molar-refractivity contribution is 0.102. The van der Waals surface area contributed by atoms with Crippen molar-refractivity contribution >= 4 is 27.3 Å². The van der Waals surface area contributed by atoms with Crippen molar-refractivity contribution in [2.45, 2.75) is 11.8 Å². The third-order valence-electron chi connectivity index (χ3n) is 5.43. The monoisotopic (exact) mass is 456 g/mol. The molecule has 0 aromatic heterocycles. The lowest BCUT2D eigenvalue weighted by atomic mass is 10.0. The molecule has 5 nitrogen and oxygen atoms in total. The van der Waals surface area contributed by atoms with Crippen molar-refractivity contribution in [1.29, 1.82) is 0 Å². The summed E-state index contributed by atoms with van der Waals surface area (Å²) in [6, 6.07) is 30.6. The first-order valence-electron chi connectivity index (χ1n) is 10.5. The van der Waals surface area contributed by atoms with Gasteiger partial charge in [-0.1, -0.05) is 78.4 Å². The van der Waals surface area contributed by atoms with Gasteiger partial charge in [-0.05, 0) is 42.8 Å². The standard InChI is InChI=1S/C27H24N2O3S/c1-20-16-18-22(19-17-20)33(31,32)29(2)26-15-9-7-13-24(26)27(30)28-25-14-8-6-12-23(25)21-10-4-3-5-11-21/h3-19H,1-2H3,(H,28,30). The Balaban J connectivity index is 1.68. The minimum Gasteiger partial charge on any atom is -0.321 e. The predicted octanol–water partition coefficient (Wildman–Crippen LogP) is 5.74. The van der Waals surface area contributed by atoms with Crippen LogP contribution in [0.15, 0.2) is 108 Å². The summed E-state index contributed by atoms with van der Waals surface area (Å²) in [5.41, 5.74) is 4.03. The molecule has 4 aromatic rings. The summed E-state index contributed by atoms with van der Waals surface area (Å²) in [6.45, 7) is 1.90. The number of rotatable bonds is 6. The molecule has 0 fully saturated rings. The average molecular weight is 457 g/mol. The first-order chi connectivity index (χ1) is 15.9. The molecule has 166 valence electrons. The molecule has 0 unspecified atom stereocenters. The number of nitrogens with one attached hydrogen (secondary N) is 1. The normalized spacial score (nSPS) is 11.1. The third kappa shape index (κ3) is 4.66. The quantitative estimate of drug-likeness (QED) is 0.402. The number of hydrogen-bond acceptors (Lipinski definition) is 3. The van der Waals surface area contributed by atoms with E-state index < -0.39 is 10.0 Å². The van der Waals surface area contributed by atoms with Gasteiger partial charge >= 0.3 is 0 Å². The van der Waals surface area contributed by atoms with Crippen LogP contribution in [0.25, 0.3) is 11.1 Å². The van der Waals surface area contributed by atoms with Crippen LogP contribution >= 0.6 is 0 Å². The Hall–Kier alpha value is -3.90. The van der Waals surface area contributed by atoms with Crippen molar-refractivity contribution in [2.75, 3.05) is 16.7 Å². The van der Waals surface area contributed by atoms with Crippen LogP contribution in [0.3, 0.4) is 0 Å². The molecule has 6 heteroatoms. The van der Waals surface area contributed by atoms with Crippen molar-refractivity contribution < 1.29 is 13.2 Å². The van der Waals surface area contributed by atoms with Crippen molar-refractivity contribution in [2.24, 2.45) is 0 Å². The van der Waals surface area contributed by atoms with Crippen LogP contribution in [-0.4, -0.2) is 21.4 Å². The van der Waals surface area contributed by atoms with Gasteiger partial charge in [0.15, 0.2) is 0 Å². The van der Waals surface area contributed by atoms with E-state index in [0.29, 0.717) is 11.4 Å².